The van der Waals surface area contributed by atoms with Gasteiger partial charge < -0.3 is 28.2 Å². The zero-order valence-corrected chi connectivity index (χ0v) is 31.6. The molecule has 9 heteroatoms. The van der Waals surface area contributed by atoms with Crippen LogP contribution in [0.1, 0.15) is 94.6 Å². The first kappa shape index (κ1) is 35.8. The van der Waals surface area contributed by atoms with Crippen LogP contribution in [0.5, 0.6) is 0 Å². The summed E-state index contributed by atoms with van der Waals surface area (Å²) < 4.78 is 27.9. The van der Waals surface area contributed by atoms with Gasteiger partial charge in [0, 0.05) is 23.9 Å². The molecule has 244 valence electrons. The molecule has 1 amide bonds. The molecule has 1 N–H and O–H groups in total. The van der Waals surface area contributed by atoms with Gasteiger partial charge in [0.15, 0.2) is 22.8 Å². The number of ether oxygens (including phenoxy) is 3. The smallest absolute Gasteiger partial charge is 0.408 e. The number of alkyl carbamates (subject to hydrolysis) is 1. The van der Waals surface area contributed by atoms with E-state index in [4.69, 9.17) is 18.6 Å². The van der Waals surface area contributed by atoms with Gasteiger partial charge in [-0.25, -0.2) is 4.79 Å². The molecule has 3 rings (SSSR count). The minimum atomic E-state index is -2.27. The van der Waals surface area contributed by atoms with E-state index < -0.39 is 40.6 Å². The Bertz CT molecular complexity index is 1220. The van der Waals surface area contributed by atoms with E-state index >= 15 is 0 Å². The maximum Gasteiger partial charge on any atom is 0.408 e. The Labute approximate surface area is 263 Å². The van der Waals surface area contributed by atoms with Crippen molar-refractivity contribution >= 4 is 33.5 Å². The van der Waals surface area contributed by atoms with E-state index in [1.165, 1.54) is 16.5 Å². The number of benzene rings is 1. The minimum Gasteiger partial charge on any atom is -0.444 e. The second-order valence-electron chi connectivity index (χ2n) is 15.9. The molecule has 1 saturated heterocycles. The number of methoxy groups -OCH3 is 1. The van der Waals surface area contributed by atoms with E-state index in [9.17, 15) is 4.79 Å². The summed E-state index contributed by atoms with van der Waals surface area (Å²) in [7, 11) is -2.66. The van der Waals surface area contributed by atoms with Crippen molar-refractivity contribution in [3.63, 3.8) is 0 Å². The Morgan fingerprint density at radius 3 is 2.02 bits per heavy atom. The Morgan fingerprint density at radius 1 is 0.977 bits per heavy atom. The topological polar surface area (TPSA) is 70.9 Å². The molecule has 0 unspecified atom stereocenters. The number of carbonyl (C=O) groups is 1. The normalized spacial score (nSPS) is 22.3. The molecule has 0 spiro atoms. The van der Waals surface area contributed by atoms with Crippen molar-refractivity contribution in [1.82, 2.24) is 9.55 Å². The van der Waals surface area contributed by atoms with Crippen LogP contribution in [-0.4, -0.2) is 64.6 Å². The molecule has 0 radical (unpaired) electrons. The fourth-order valence-electron chi connectivity index (χ4n) is 7.24. The Kier molecular flexibility index (Phi) is 10.8. The summed E-state index contributed by atoms with van der Waals surface area (Å²) in [5.41, 5.74) is 3.36. The van der Waals surface area contributed by atoms with Gasteiger partial charge in [-0.05, 0) is 73.4 Å². The molecule has 1 aliphatic rings. The minimum absolute atomic E-state index is 0.0330. The fourth-order valence-corrected chi connectivity index (χ4v) is 15.0. The number of nitrogens with one attached hydrogen (secondary N) is 1. The molecule has 0 aliphatic carbocycles. The SMILES string of the molecule is COC[C@H]1O[C@@H](O[Si](C)(C)C(C)(C)C)[C@@H](NC(=O)OC(C)(C)C)[C@@H]1c1cn([Si](C(C)C)(C(C)C)C(C)C)c2ccccc12. The van der Waals surface area contributed by atoms with Crippen LogP contribution in [0.4, 0.5) is 4.79 Å². The molecule has 2 heterocycles. The van der Waals surface area contributed by atoms with E-state index in [-0.39, 0.29) is 17.1 Å². The highest BCUT2D eigenvalue weighted by atomic mass is 28.4. The molecule has 1 aromatic carbocycles. The predicted octanol–water partition coefficient (Wildman–Crippen LogP) is 9.03. The van der Waals surface area contributed by atoms with Gasteiger partial charge in [-0.1, -0.05) is 80.5 Å². The van der Waals surface area contributed by atoms with Gasteiger partial charge in [0.1, 0.15) is 5.60 Å². The van der Waals surface area contributed by atoms with Crippen LogP contribution in [0.15, 0.2) is 30.5 Å². The van der Waals surface area contributed by atoms with Crippen molar-refractivity contribution in [1.29, 1.82) is 0 Å². The number of hydrogen-bond acceptors (Lipinski definition) is 5. The highest BCUT2D eigenvalue weighted by Gasteiger charge is 2.53. The summed E-state index contributed by atoms with van der Waals surface area (Å²) in [5.74, 6) is -0.202. The predicted molar refractivity (Wildman–Crippen MR) is 183 cm³/mol. The molecular weight excluding hydrogens is 573 g/mol. The molecule has 1 fully saturated rings. The average molecular weight is 633 g/mol. The highest BCUT2D eigenvalue weighted by molar-refractivity contribution is 6.82. The molecule has 4 atom stereocenters. The zero-order valence-electron chi connectivity index (χ0n) is 29.6. The summed E-state index contributed by atoms with van der Waals surface area (Å²) in [6.45, 7) is 31.5. The van der Waals surface area contributed by atoms with Crippen molar-refractivity contribution in [2.45, 2.75) is 148 Å². The highest BCUT2D eigenvalue weighted by Crippen LogP contribution is 2.48. The molecule has 7 nitrogen and oxygen atoms in total. The van der Waals surface area contributed by atoms with Crippen molar-refractivity contribution in [2.75, 3.05) is 13.7 Å². The standard InChI is InChI=1S/C34H60N2O5Si2/c1-22(2)43(23(3)4,24(5)6)36-20-26(25-18-16-17-19-27(25)36)29-28(21-38-13)39-31(41-42(14,15)34(10,11)12)30(29)35-32(37)40-33(7,8)9/h16-20,22-24,28-31H,21H2,1-15H3,(H,35,37)/t28-,29-,30+,31+/m1/s1. The second kappa shape index (κ2) is 13.0. The van der Waals surface area contributed by atoms with Gasteiger partial charge in [0.25, 0.3) is 0 Å². The maximum atomic E-state index is 13.4. The lowest BCUT2D eigenvalue weighted by Gasteiger charge is -2.44. The molecule has 2 aromatic rings. The number of para-hydroxylation sites is 1. The van der Waals surface area contributed by atoms with Crippen LogP contribution in [-0.2, 0) is 18.6 Å². The monoisotopic (exact) mass is 632 g/mol. The molecule has 43 heavy (non-hydrogen) atoms. The fraction of sp³-hybridized carbons (Fsp3) is 0.735. The van der Waals surface area contributed by atoms with Crippen LogP contribution < -0.4 is 5.32 Å². The third kappa shape index (κ3) is 7.11. The maximum absolute atomic E-state index is 13.4. The number of nitrogens with zero attached hydrogens (tertiary/aromatic N) is 1. The largest absolute Gasteiger partial charge is 0.444 e. The summed E-state index contributed by atoms with van der Waals surface area (Å²) in [5, 5.41) is 4.40. The van der Waals surface area contributed by atoms with Gasteiger partial charge in [-0.3, -0.25) is 0 Å². The number of aromatic nitrogens is 1. The number of rotatable bonds is 10. The van der Waals surface area contributed by atoms with E-state index in [0.717, 1.165) is 0 Å². The third-order valence-electron chi connectivity index (χ3n) is 9.91. The summed E-state index contributed by atoms with van der Waals surface area (Å²) in [6, 6.07) is 8.27. The van der Waals surface area contributed by atoms with Gasteiger partial charge in [-0.2, -0.15) is 0 Å². The van der Waals surface area contributed by atoms with Crippen LogP contribution in [0.2, 0.25) is 34.8 Å². The van der Waals surface area contributed by atoms with Crippen molar-refractivity contribution < 1.29 is 23.4 Å². The first-order valence-electron chi connectivity index (χ1n) is 16.1. The molecular formula is C34H60N2O5Si2. The van der Waals surface area contributed by atoms with Crippen molar-refractivity contribution in [3.8, 4) is 0 Å². The lowest BCUT2D eigenvalue weighted by atomic mass is 9.88. The molecule has 1 aromatic heterocycles. The van der Waals surface area contributed by atoms with Crippen LogP contribution in [0, 0.1) is 0 Å². The van der Waals surface area contributed by atoms with E-state index in [1.54, 1.807) is 7.11 Å². The van der Waals surface area contributed by atoms with Crippen molar-refractivity contribution in [3.05, 3.63) is 36.0 Å². The zero-order chi connectivity index (χ0) is 32.7. The number of hydrogen-bond donors (Lipinski definition) is 1. The van der Waals surface area contributed by atoms with Crippen LogP contribution in [0.3, 0.4) is 0 Å². The van der Waals surface area contributed by atoms with Crippen LogP contribution >= 0.6 is 0 Å². The molecule has 0 saturated carbocycles. The van der Waals surface area contributed by atoms with Gasteiger partial charge in [0.05, 0.1) is 18.8 Å². The van der Waals surface area contributed by atoms with Crippen LogP contribution in [0.25, 0.3) is 10.9 Å². The lowest BCUT2D eigenvalue weighted by molar-refractivity contribution is -0.104. The summed E-state index contributed by atoms with van der Waals surface area (Å²) in [4.78, 5) is 13.4. The summed E-state index contributed by atoms with van der Waals surface area (Å²) >= 11 is 0. The van der Waals surface area contributed by atoms with Crippen molar-refractivity contribution in [2.24, 2.45) is 0 Å². The van der Waals surface area contributed by atoms with E-state index in [2.05, 4.69) is 115 Å². The number of amides is 1. The lowest BCUT2D eigenvalue weighted by Crippen LogP contribution is -2.52. The Hall–Kier alpha value is -1.66. The van der Waals surface area contributed by atoms with Gasteiger partial charge in [-0.15, -0.1) is 0 Å². The third-order valence-corrected chi connectivity index (χ3v) is 21.1. The quantitative estimate of drug-likeness (QED) is 0.265. The molecule has 0 bridgehead atoms. The Balaban J connectivity index is 2.29. The Morgan fingerprint density at radius 2 is 1.53 bits per heavy atom. The second-order valence-corrected chi connectivity index (χ2v) is 26.4. The first-order valence-corrected chi connectivity index (χ1v) is 21.2. The summed E-state index contributed by atoms with van der Waals surface area (Å²) in [6.07, 6.45) is 0.980. The number of carbonyl (C=O) groups excluding carboxylic acids is 1. The number of fused-ring (bicyclic) bond motifs is 1. The van der Waals surface area contributed by atoms with Gasteiger partial charge in [0.2, 0.25) is 0 Å². The van der Waals surface area contributed by atoms with E-state index in [0.29, 0.717) is 23.2 Å². The molecule has 1 aliphatic heterocycles. The van der Waals surface area contributed by atoms with E-state index in [1.807, 2.05) is 20.8 Å². The first-order chi connectivity index (χ1) is 19.7. The average Bonchev–Trinajstić information content (AvgIpc) is 3.35. The van der Waals surface area contributed by atoms with Gasteiger partial charge >= 0.3 is 6.09 Å².